The fourth-order valence-electron chi connectivity index (χ4n) is 1.86. The summed E-state index contributed by atoms with van der Waals surface area (Å²) in [6.45, 7) is 9.30. The summed E-state index contributed by atoms with van der Waals surface area (Å²) in [5.41, 5.74) is 2.94. The lowest BCUT2D eigenvalue weighted by molar-refractivity contribution is 0.467. The zero-order chi connectivity index (χ0) is 12.1. The van der Waals surface area contributed by atoms with Crippen LogP contribution in [0.2, 0.25) is 0 Å². The van der Waals surface area contributed by atoms with Gasteiger partial charge in [0.15, 0.2) is 0 Å². The van der Waals surface area contributed by atoms with Crippen molar-refractivity contribution in [3.8, 4) is 5.75 Å². The van der Waals surface area contributed by atoms with E-state index in [2.05, 4.69) is 19.2 Å². The highest BCUT2D eigenvalue weighted by Gasteiger charge is 2.07. The highest BCUT2D eigenvalue weighted by Crippen LogP contribution is 2.28. The molecule has 0 radical (unpaired) electrons. The van der Waals surface area contributed by atoms with Gasteiger partial charge in [-0.15, -0.1) is 0 Å². The van der Waals surface area contributed by atoms with Crippen LogP contribution < -0.4 is 5.32 Å². The summed E-state index contributed by atoms with van der Waals surface area (Å²) < 4.78 is 0. The Morgan fingerprint density at radius 2 is 1.81 bits per heavy atom. The summed E-state index contributed by atoms with van der Waals surface area (Å²) in [5.74, 6) is 1.12. The Morgan fingerprint density at radius 3 is 2.38 bits per heavy atom. The number of phenols is 1. The maximum Gasteiger partial charge on any atom is 0.123 e. The van der Waals surface area contributed by atoms with Gasteiger partial charge in [-0.25, -0.2) is 0 Å². The van der Waals surface area contributed by atoms with Crippen LogP contribution in [0.5, 0.6) is 5.75 Å². The molecule has 0 spiro atoms. The molecule has 0 amide bonds. The van der Waals surface area contributed by atoms with Crippen molar-refractivity contribution >= 4 is 5.69 Å². The van der Waals surface area contributed by atoms with Gasteiger partial charge in [0, 0.05) is 17.8 Å². The predicted molar refractivity (Wildman–Crippen MR) is 70.1 cm³/mol. The summed E-state index contributed by atoms with van der Waals surface area (Å²) in [4.78, 5) is 0. The number of phenolic OH excluding ortho intramolecular Hbond substituents is 1. The Balaban J connectivity index is 2.71. The highest BCUT2D eigenvalue weighted by atomic mass is 16.3. The fourth-order valence-corrected chi connectivity index (χ4v) is 1.86. The fraction of sp³-hybridized carbons (Fsp3) is 0.571. The van der Waals surface area contributed by atoms with E-state index in [-0.39, 0.29) is 0 Å². The number of aromatic hydroxyl groups is 1. The molecule has 16 heavy (non-hydrogen) atoms. The highest BCUT2D eigenvalue weighted by molar-refractivity contribution is 5.59. The molecular formula is C14H23NO. The van der Waals surface area contributed by atoms with Crippen molar-refractivity contribution in [2.45, 2.75) is 40.5 Å². The van der Waals surface area contributed by atoms with Crippen molar-refractivity contribution in [1.82, 2.24) is 0 Å². The normalized spacial score (nSPS) is 10.8. The smallest absolute Gasteiger partial charge is 0.123 e. The third-order valence-electron chi connectivity index (χ3n) is 3.37. The third-order valence-corrected chi connectivity index (χ3v) is 3.37. The summed E-state index contributed by atoms with van der Waals surface area (Å²) >= 11 is 0. The quantitative estimate of drug-likeness (QED) is 0.791. The molecule has 2 heteroatoms. The molecule has 0 aliphatic rings. The molecule has 0 fully saturated rings. The maximum absolute atomic E-state index is 9.83. The Morgan fingerprint density at radius 1 is 1.19 bits per heavy atom. The van der Waals surface area contributed by atoms with E-state index in [1.807, 2.05) is 26.0 Å². The average molecular weight is 221 g/mol. The van der Waals surface area contributed by atoms with Gasteiger partial charge in [0.25, 0.3) is 0 Å². The molecule has 2 N–H and O–H groups in total. The molecule has 0 aromatic heterocycles. The van der Waals surface area contributed by atoms with E-state index in [1.165, 1.54) is 12.8 Å². The van der Waals surface area contributed by atoms with E-state index in [1.54, 1.807) is 0 Å². The van der Waals surface area contributed by atoms with E-state index in [0.717, 1.165) is 23.4 Å². The molecule has 0 aliphatic carbocycles. The first kappa shape index (κ1) is 12.9. The minimum Gasteiger partial charge on any atom is -0.507 e. The molecule has 0 unspecified atom stereocenters. The van der Waals surface area contributed by atoms with Crippen LogP contribution in [-0.2, 0) is 0 Å². The van der Waals surface area contributed by atoms with Gasteiger partial charge in [-0.2, -0.15) is 0 Å². The lowest BCUT2D eigenvalue weighted by Gasteiger charge is -2.17. The van der Waals surface area contributed by atoms with E-state index in [9.17, 15) is 5.11 Å². The van der Waals surface area contributed by atoms with Crippen molar-refractivity contribution < 1.29 is 5.11 Å². The van der Waals surface area contributed by atoms with Gasteiger partial charge in [-0.1, -0.05) is 32.8 Å². The van der Waals surface area contributed by atoms with E-state index < -0.39 is 0 Å². The van der Waals surface area contributed by atoms with Crippen molar-refractivity contribution in [3.05, 3.63) is 23.3 Å². The first-order valence-corrected chi connectivity index (χ1v) is 6.13. The Labute approximate surface area is 98.7 Å². The average Bonchev–Trinajstić information content (AvgIpc) is 2.30. The van der Waals surface area contributed by atoms with Crippen LogP contribution in [-0.4, -0.2) is 11.7 Å². The SMILES string of the molecule is CCC(CC)CNc1ccc(C)c(O)c1C. The van der Waals surface area contributed by atoms with Crippen LogP contribution in [0, 0.1) is 19.8 Å². The van der Waals surface area contributed by atoms with E-state index in [0.29, 0.717) is 11.7 Å². The van der Waals surface area contributed by atoms with Crippen LogP contribution in [0.25, 0.3) is 0 Å². The molecule has 0 saturated carbocycles. The second-order valence-electron chi connectivity index (χ2n) is 4.47. The van der Waals surface area contributed by atoms with Gasteiger partial charge >= 0.3 is 0 Å². The monoisotopic (exact) mass is 221 g/mol. The molecule has 0 bridgehead atoms. The number of hydrogen-bond donors (Lipinski definition) is 2. The number of rotatable bonds is 5. The molecule has 1 aromatic rings. The second-order valence-corrected chi connectivity index (χ2v) is 4.47. The van der Waals surface area contributed by atoms with E-state index in [4.69, 9.17) is 0 Å². The number of aryl methyl sites for hydroxylation is 1. The molecule has 1 aromatic carbocycles. The molecule has 1 rings (SSSR count). The van der Waals surface area contributed by atoms with Gasteiger partial charge in [-0.05, 0) is 31.4 Å². The van der Waals surface area contributed by atoms with Crippen molar-refractivity contribution in [2.24, 2.45) is 5.92 Å². The van der Waals surface area contributed by atoms with Crippen molar-refractivity contribution in [2.75, 3.05) is 11.9 Å². The lowest BCUT2D eigenvalue weighted by Crippen LogP contribution is -2.13. The number of hydrogen-bond acceptors (Lipinski definition) is 2. The molecular weight excluding hydrogens is 198 g/mol. The molecule has 0 saturated heterocycles. The topological polar surface area (TPSA) is 32.3 Å². The summed E-state index contributed by atoms with van der Waals surface area (Å²) in [5, 5.41) is 13.2. The van der Waals surface area contributed by atoms with Crippen LogP contribution in [0.3, 0.4) is 0 Å². The number of benzene rings is 1. The Kier molecular flexibility index (Phi) is 4.66. The summed E-state index contributed by atoms with van der Waals surface area (Å²) in [6.07, 6.45) is 2.39. The number of anilines is 1. The molecule has 90 valence electrons. The zero-order valence-corrected chi connectivity index (χ0v) is 10.8. The van der Waals surface area contributed by atoms with Gasteiger partial charge in [0.05, 0.1) is 0 Å². The van der Waals surface area contributed by atoms with Crippen molar-refractivity contribution in [3.63, 3.8) is 0 Å². The van der Waals surface area contributed by atoms with E-state index >= 15 is 0 Å². The molecule has 0 aliphatic heterocycles. The zero-order valence-electron chi connectivity index (χ0n) is 10.8. The first-order valence-electron chi connectivity index (χ1n) is 6.13. The maximum atomic E-state index is 9.83. The molecule has 0 atom stereocenters. The lowest BCUT2D eigenvalue weighted by atomic mass is 10.0. The number of nitrogens with one attached hydrogen (secondary N) is 1. The Bertz CT molecular complexity index is 343. The molecule has 0 heterocycles. The third kappa shape index (κ3) is 2.91. The summed E-state index contributed by atoms with van der Waals surface area (Å²) in [7, 11) is 0. The van der Waals surface area contributed by atoms with Gasteiger partial charge in [0.1, 0.15) is 5.75 Å². The second kappa shape index (κ2) is 5.78. The largest absolute Gasteiger partial charge is 0.507 e. The summed E-state index contributed by atoms with van der Waals surface area (Å²) in [6, 6.07) is 4.00. The minimum atomic E-state index is 0.412. The molecule has 2 nitrogen and oxygen atoms in total. The standard InChI is InChI=1S/C14H23NO/c1-5-12(6-2)9-15-13-8-7-10(3)14(16)11(13)4/h7-8,12,15-16H,5-6,9H2,1-4H3. The van der Waals surface area contributed by atoms with Crippen LogP contribution in [0.4, 0.5) is 5.69 Å². The van der Waals surface area contributed by atoms with Crippen LogP contribution in [0.15, 0.2) is 12.1 Å². The predicted octanol–water partition coefficient (Wildman–Crippen LogP) is 3.86. The van der Waals surface area contributed by atoms with Crippen molar-refractivity contribution in [1.29, 1.82) is 0 Å². The van der Waals surface area contributed by atoms with Gasteiger partial charge in [-0.3, -0.25) is 0 Å². The van der Waals surface area contributed by atoms with Gasteiger partial charge < -0.3 is 10.4 Å². The minimum absolute atomic E-state index is 0.412. The van der Waals surface area contributed by atoms with Crippen LogP contribution in [0.1, 0.15) is 37.8 Å². The Hall–Kier alpha value is -1.18. The van der Waals surface area contributed by atoms with Gasteiger partial charge in [0.2, 0.25) is 0 Å². The van der Waals surface area contributed by atoms with Crippen LogP contribution >= 0.6 is 0 Å². The first-order chi connectivity index (χ1) is 7.60.